The number of aliphatic hydroxyl groups excluding tert-OH is 2. The van der Waals surface area contributed by atoms with E-state index in [2.05, 4.69) is 10.6 Å². The van der Waals surface area contributed by atoms with Gasteiger partial charge in [0.15, 0.2) is 0 Å². The van der Waals surface area contributed by atoms with Crippen LogP contribution in [0.1, 0.15) is 80.1 Å². The molecule has 3 aromatic rings. The Kier molecular flexibility index (Phi) is 14.9. The lowest BCUT2D eigenvalue weighted by Gasteiger charge is -2.33. The number of carbonyl (C=O) groups is 4. The third-order valence-electron chi connectivity index (χ3n) is 7.78. The number of hydrogen-bond acceptors (Lipinski definition) is 7. The van der Waals surface area contributed by atoms with Gasteiger partial charge >= 0.3 is 0 Å². The van der Waals surface area contributed by atoms with Crippen LogP contribution in [0.25, 0.3) is 0 Å². The summed E-state index contributed by atoms with van der Waals surface area (Å²) >= 11 is 1.53. The Balaban J connectivity index is 1.94. The van der Waals surface area contributed by atoms with E-state index in [4.69, 9.17) is 5.73 Å². The molecule has 4 unspecified atom stereocenters. The summed E-state index contributed by atoms with van der Waals surface area (Å²) < 4.78 is 0. The molecular weight excluding hydrogens is 616 g/mol. The number of thioether (sulfide) groups is 1. The summed E-state index contributed by atoms with van der Waals surface area (Å²) in [5, 5.41) is 28.8. The van der Waals surface area contributed by atoms with E-state index in [0.29, 0.717) is 30.8 Å². The van der Waals surface area contributed by atoms with Gasteiger partial charge in [-0.1, -0.05) is 62.4 Å². The SMILES string of the molecule is CCCN(CCC)C(=O)c1cc(C(N)=O)cc(C(=O)NC(Cc2ccccc2)C(O)C(O)C(CCSC)NC(=O)c2ccccc2)c1. The summed E-state index contributed by atoms with van der Waals surface area (Å²) in [4.78, 5) is 54.1. The molecule has 6 N–H and O–H groups in total. The molecule has 0 heterocycles. The van der Waals surface area contributed by atoms with Gasteiger partial charge in [-0.05, 0) is 73.6 Å². The second-order valence-electron chi connectivity index (χ2n) is 11.4. The van der Waals surface area contributed by atoms with E-state index in [1.54, 1.807) is 35.2 Å². The van der Waals surface area contributed by atoms with Crippen LogP contribution < -0.4 is 16.4 Å². The van der Waals surface area contributed by atoms with Gasteiger partial charge in [0.1, 0.15) is 12.2 Å². The van der Waals surface area contributed by atoms with E-state index in [0.717, 1.165) is 18.4 Å². The predicted molar refractivity (Wildman–Crippen MR) is 186 cm³/mol. The molecule has 0 aliphatic heterocycles. The normalized spacial score (nSPS) is 13.6. The summed E-state index contributed by atoms with van der Waals surface area (Å²) in [6, 6.07) is 20.0. The van der Waals surface area contributed by atoms with E-state index in [1.807, 2.05) is 50.4 Å². The first-order chi connectivity index (χ1) is 22.6. The van der Waals surface area contributed by atoms with Gasteiger partial charge in [0.25, 0.3) is 17.7 Å². The van der Waals surface area contributed by atoms with Crippen LogP contribution in [0.5, 0.6) is 0 Å². The average Bonchev–Trinajstić information content (AvgIpc) is 3.09. The highest BCUT2D eigenvalue weighted by molar-refractivity contribution is 7.98. The van der Waals surface area contributed by atoms with Crippen LogP contribution in [-0.4, -0.2) is 88.1 Å². The van der Waals surface area contributed by atoms with Gasteiger partial charge in [0.05, 0.1) is 12.1 Å². The van der Waals surface area contributed by atoms with E-state index < -0.39 is 42.0 Å². The minimum atomic E-state index is -1.51. The van der Waals surface area contributed by atoms with Gasteiger partial charge in [-0.2, -0.15) is 11.8 Å². The minimum absolute atomic E-state index is 0.00473. The van der Waals surface area contributed by atoms with Gasteiger partial charge in [-0.25, -0.2) is 0 Å². The number of primary amides is 1. The molecule has 0 bridgehead atoms. The van der Waals surface area contributed by atoms with Gasteiger partial charge in [-0.3, -0.25) is 19.2 Å². The Bertz CT molecular complexity index is 1470. The topological polar surface area (TPSA) is 162 Å². The number of nitrogens with zero attached hydrogens (tertiary/aromatic N) is 1. The van der Waals surface area contributed by atoms with Crippen molar-refractivity contribution in [3.8, 4) is 0 Å². The van der Waals surface area contributed by atoms with Crippen LogP contribution >= 0.6 is 11.8 Å². The Morgan fingerprint density at radius 2 is 1.26 bits per heavy atom. The molecule has 10 nitrogen and oxygen atoms in total. The zero-order valence-electron chi connectivity index (χ0n) is 27.2. The number of carbonyl (C=O) groups excluding carboxylic acids is 4. The molecule has 4 amide bonds. The molecule has 11 heteroatoms. The Morgan fingerprint density at radius 3 is 1.83 bits per heavy atom. The quantitative estimate of drug-likeness (QED) is 0.139. The van der Waals surface area contributed by atoms with E-state index in [1.165, 1.54) is 30.0 Å². The van der Waals surface area contributed by atoms with Crippen LogP contribution in [0.4, 0.5) is 0 Å². The number of nitrogens with one attached hydrogen (secondary N) is 2. The van der Waals surface area contributed by atoms with Crippen molar-refractivity contribution in [2.75, 3.05) is 25.1 Å². The smallest absolute Gasteiger partial charge is 0.253 e. The first kappa shape index (κ1) is 37.3. The van der Waals surface area contributed by atoms with E-state index in [9.17, 15) is 29.4 Å². The minimum Gasteiger partial charge on any atom is -0.388 e. The van der Waals surface area contributed by atoms with E-state index in [-0.39, 0.29) is 29.0 Å². The molecule has 0 radical (unpaired) electrons. The molecule has 3 rings (SSSR count). The third kappa shape index (κ3) is 10.9. The number of hydrogen-bond donors (Lipinski definition) is 5. The van der Waals surface area contributed by atoms with Crippen molar-refractivity contribution in [1.29, 1.82) is 0 Å². The lowest BCUT2D eigenvalue weighted by molar-refractivity contribution is -0.0224. The maximum atomic E-state index is 13.8. The highest BCUT2D eigenvalue weighted by atomic mass is 32.2. The number of benzene rings is 3. The summed E-state index contributed by atoms with van der Waals surface area (Å²) in [6.07, 6.45) is 0.929. The van der Waals surface area contributed by atoms with Gasteiger partial charge in [0.2, 0.25) is 5.91 Å². The summed E-state index contributed by atoms with van der Waals surface area (Å²) in [7, 11) is 0. The van der Waals surface area contributed by atoms with Crippen molar-refractivity contribution >= 4 is 35.4 Å². The fourth-order valence-corrected chi connectivity index (χ4v) is 5.82. The predicted octanol–water partition coefficient (Wildman–Crippen LogP) is 3.66. The van der Waals surface area contributed by atoms with Gasteiger partial charge in [0, 0.05) is 35.3 Å². The Hall–Kier alpha value is -4.19. The fraction of sp³-hybridized carbons (Fsp3) is 0.389. The van der Waals surface area contributed by atoms with Crippen molar-refractivity contribution in [1.82, 2.24) is 15.5 Å². The lowest BCUT2D eigenvalue weighted by Crippen LogP contribution is -2.56. The number of rotatable bonds is 18. The maximum absolute atomic E-state index is 13.8. The highest BCUT2D eigenvalue weighted by Crippen LogP contribution is 2.18. The highest BCUT2D eigenvalue weighted by Gasteiger charge is 2.34. The molecule has 47 heavy (non-hydrogen) atoms. The van der Waals surface area contributed by atoms with Crippen molar-refractivity contribution in [2.24, 2.45) is 5.73 Å². The number of amides is 4. The zero-order valence-corrected chi connectivity index (χ0v) is 28.0. The van der Waals surface area contributed by atoms with Crippen LogP contribution in [0.2, 0.25) is 0 Å². The van der Waals surface area contributed by atoms with Crippen molar-refractivity contribution in [3.05, 3.63) is 107 Å². The fourth-order valence-electron chi connectivity index (χ4n) is 5.33. The molecule has 0 aliphatic carbocycles. The number of aliphatic hydroxyl groups is 2. The van der Waals surface area contributed by atoms with Crippen LogP contribution in [0.3, 0.4) is 0 Å². The largest absolute Gasteiger partial charge is 0.388 e. The Morgan fingerprint density at radius 1 is 0.745 bits per heavy atom. The van der Waals surface area contributed by atoms with Crippen molar-refractivity contribution < 1.29 is 29.4 Å². The van der Waals surface area contributed by atoms with Crippen LogP contribution in [0.15, 0.2) is 78.9 Å². The molecule has 0 spiro atoms. The summed E-state index contributed by atoms with van der Waals surface area (Å²) in [5.74, 6) is -1.59. The van der Waals surface area contributed by atoms with Crippen LogP contribution in [0, 0.1) is 0 Å². The Labute approximate surface area is 281 Å². The van der Waals surface area contributed by atoms with Crippen molar-refractivity contribution in [2.45, 2.75) is 63.8 Å². The molecule has 3 aromatic carbocycles. The monoisotopic (exact) mass is 662 g/mol. The van der Waals surface area contributed by atoms with Crippen LogP contribution in [-0.2, 0) is 6.42 Å². The van der Waals surface area contributed by atoms with Gasteiger partial charge < -0.3 is 31.5 Å². The molecule has 4 atom stereocenters. The van der Waals surface area contributed by atoms with Crippen molar-refractivity contribution in [3.63, 3.8) is 0 Å². The lowest BCUT2D eigenvalue weighted by atomic mass is 9.92. The first-order valence-electron chi connectivity index (χ1n) is 15.9. The number of nitrogens with two attached hydrogens (primary N) is 1. The molecule has 0 aromatic heterocycles. The molecule has 0 fully saturated rings. The average molecular weight is 663 g/mol. The zero-order chi connectivity index (χ0) is 34.3. The summed E-state index contributed by atoms with van der Waals surface area (Å²) in [6.45, 7) is 4.94. The van der Waals surface area contributed by atoms with E-state index >= 15 is 0 Å². The molecule has 252 valence electrons. The third-order valence-corrected chi connectivity index (χ3v) is 8.42. The standard InChI is InChI=1S/C36H46N4O6S/c1-4-17-40(18-5-2)36(46)28-22-26(33(37)43)21-27(23-28)35(45)39-30(20-24-12-8-6-9-13-24)32(42)31(41)29(16-19-47-3)38-34(44)25-14-10-7-11-15-25/h6-15,21-23,29-32,41-42H,4-5,16-20H2,1-3H3,(H2,37,43)(H,38,44)(H,39,45). The molecule has 0 saturated carbocycles. The second kappa shape index (κ2) is 18.8. The molecule has 0 aliphatic rings. The molecule has 0 saturated heterocycles. The maximum Gasteiger partial charge on any atom is 0.253 e. The second-order valence-corrected chi connectivity index (χ2v) is 12.4. The summed E-state index contributed by atoms with van der Waals surface area (Å²) in [5.41, 5.74) is 6.93. The first-order valence-corrected chi connectivity index (χ1v) is 17.3. The molecular formula is C36H46N4O6S. The van der Waals surface area contributed by atoms with Gasteiger partial charge in [-0.15, -0.1) is 0 Å².